The van der Waals surface area contributed by atoms with E-state index in [1.54, 1.807) is 6.92 Å². The summed E-state index contributed by atoms with van der Waals surface area (Å²) in [5.74, 6) is -1.11. The first-order valence-corrected chi connectivity index (χ1v) is 11.8. The van der Waals surface area contributed by atoms with Crippen molar-refractivity contribution in [2.75, 3.05) is 19.5 Å². The quantitative estimate of drug-likeness (QED) is 0.622. The zero-order chi connectivity index (χ0) is 24.9. The third-order valence-electron chi connectivity index (χ3n) is 6.96. The second-order valence-electron chi connectivity index (χ2n) is 8.99. The molecule has 182 valence electrons. The fourth-order valence-corrected chi connectivity index (χ4v) is 5.37. The number of anilines is 1. The molecule has 2 heterocycles. The smallest absolute Gasteiger partial charge is 0.246 e. The molecular weight excluding hydrogens is 472 g/mol. The Morgan fingerprint density at radius 1 is 1.14 bits per heavy atom. The van der Waals surface area contributed by atoms with Crippen LogP contribution in [0.15, 0.2) is 42.1 Å². The predicted molar refractivity (Wildman–Crippen MR) is 129 cm³/mol. The number of rotatable bonds is 4. The molecule has 1 spiro atoms. The predicted octanol–water partition coefficient (Wildman–Crippen LogP) is 3.71. The minimum Gasteiger partial charge on any atom is -0.496 e. The summed E-state index contributed by atoms with van der Waals surface area (Å²) >= 11 is 6.43. The number of methoxy groups -OCH3 is 2. The van der Waals surface area contributed by atoms with Crippen molar-refractivity contribution in [3.8, 4) is 17.2 Å². The molecule has 3 aliphatic rings. The topological polar surface area (TPSA) is 103 Å². The van der Waals surface area contributed by atoms with Crippen LogP contribution in [0.5, 0.6) is 17.2 Å². The molecule has 0 bridgehead atoms. The zero-order valence-corrected chi connectivity index (χ0v) is 20.3. The van der Waals surface area contributed by atoms with Gasteiger partial charge in [-0.2, -0.15) is 0 Å². The lowest BCUT2D eigenvalue weighted by molar-refractivity contribution is -0.129. The average Bonchev–Trinajstić information content (AvgIpc) is 3.07. The molecule has 8 nitrogen and oxygen atoms in total. The molecule has 0 saturated carbocycles. The van der Waals surface area contributed by atoms with E-state index in [9.17, 15) is 14.4 Å². The largest absolute Gasteiger partial charge is 0.496 e. The van der Waals surface area contributed by atoms with Crippen molar-refractivity contribution in [1.82, 2.24) is 5.32 Å². The van der Waals surface area contributed by atoms with Crippen molar-refractivity contribution in [1.29, 1.82) is 0 Å². The lowest BCUT2D eigenvalue weighted by Crippen LogP contribution is -2.56. The summed E-state index contributed by atoms with van der Waals surface area (Å²) in [4.78, 5) is 39.9. The standard InChI is InChI=1S/C26H25ClN2O6/c1-13-10-15(28-17-9-8-14-6-4-5-7-16(14)29-25(17)32)11-20(30)26(13)24(31)21-18(33-2)12-19(34-3)22(27)23(21)35-26/h4-7,11-13,17,28H,8-10H2,1-3H3,(H,29,32)/t13-,17?,26+/m1/s1. The first kappa shape index (κ1) is 23.2. The Balaban J connectivity index is 1.42. The van der Waals surface area contributed by atoms with E-state index in [0.29, 0.717) is 25.0 Å². The zero-order valence-electron chi connectivity index (χ0n) is 19.6. The minimum absolute atomic E-state index is 0.0822. The molecule has 1 aliphatic carbocycles. The summed E-state index contributed by atoms with van der Waals surface area (Å²) < 4.78 is 16.7. The summed E-state index contributed by atoms with van der Waals surface area (Å²) in [6.45, 7) is 1.77. The lowest BCUT2D eigenvalue weighted by Gasteiger charge is -2.36. The number of nitrogens with one attached hydrogen (secondary N) is 2. The van der Waals surface area contributed by atoms with Gasteiger partial charge in [0.2, 0.25) is 23.1 Å². The van der Waals surface area contributed by atoms with Gasteiger partial charge in [0, 0.05) is 29.4 Å². The summed E-state index contributed by atoms with van der Waals surface area (Å²) in [5, 5.41) is 6.28. The highest BCUT2D eigenvalue weighted by molar-refractivity contribution is 6.36. The van der Waals surface area contributed by atoms with Crippen LogP contribution in [0.25, 0.3) is 0 Å². The third kappa shape index (κ3) is 3.55. The fourth-order valence-electron chi connectivity index (χ4n) is 5.10. The van der Waals surface area contributed by atoms with E-state index in [1.165, 1.54) is 26.4 Å². The number of carbonyl (C=O) groups excluding carboxylic acids is 3. The third-order valence-corrected chi connectivity index (χ3v) is 7.32. The summed E-state index contributed by atoms with van der Waals surface area (Å²) in [6, 6.07) is 8.67. The number of amides is 1. The molecule has 9 heteroatoms. The number of ketones is 2. The minimum atomic E-state index is -1.75. The van der Waals surface area contributed by atoms with E-state index in [2.05, 4.69) is 10.6 Å². The van der Waals surface area contributed by atoms with Gasteiger partial charge >= 0.3 is 0 Å². The molecule has 0 aromatic heterocycles. The first-order valence-electron chi connectivity index (χ1n) is 11.4. The van der Waals surface area contributed by atoms with Gasteiger partial charge in [0.25, 0.3) is 0 Å². The van der Waals surface area contributed by atoms with Crippen molar-refractivity contribution >= 4 is 34.8 Å². The Morgan fingerprint density at radius 3 is 2.60 bits per heavy atom. The van der Waals surface area contributed by atoms with Crippen LogP contribution in [0.4, 0.5) is 5.69 Å². The first-order chi connectivity index (χ1) is 16.8. The number of halogens is 1. The van der Waals surface area contributed by atoms with E-state index >= 15 is 0 Å². The van der Waals surface area contributed by atoms with Crippen LogP contribution in [0.2, 0.25) is 5.02 Å². The van der Waals surface area contributed by atoms with Crippen LogP contribution in [-0.4, -0.2) is 43.3 Å². The number of hydrogen-bond donors (Lipinski definition) is 2. The van der Waals surface area contributed by atoms with Gasteiger partial charge in [0.1, 0.15) is 28.1 Å². The molecule has 2 aromatic rings. The van der Waals surface area contributed by atoms with E-state index in [1.807, 2.05) is 24.3 Å². The van der Waals surface area contributed by atoms with Gasteiger partial charge in [-0.05, 0) is 30.9 Å². The monoisotopic (exact) mass is 496 g/mol. The second kappa shape index (κ2) is 8.61. The number of ether oxygens (including phenoxy) is 3. The van der Waals surface area contributed by atoms with Gasteiger partial charge in [0.05, 0.1) is 14.2 Å². The molecule has 2 aromatic carbocycles. The molecular formula is C26H25ClN2O6. The molecule has 0 saturated heterocycles. The molecule has 35 heavy (non-hydrogen) atoms. The lowest BCUT2D eigenvalue weighted by atomic mass is 9.74. The molecule has 1 unspecified atom stereocenters. The number of benzene rings is 2. The Morgan fingerprint density at radius 2 is 1.89 bits per heavy atom. The fraction of sp³-hybridized carbons (Fsp3) is 0.346. The number of allylic oxidation sites excluding steroid dienone is 1. The molecule has 3 atom stereocenters. The van der Waals surface area contributed by atoms with Crippen LogP contribution in [0, 0.1) is 5.92 Å². The average molecular weight is 497 g/mol. The maximum absolute atomic E-state index is 13.6. The Bertz CT molecular complexity index is 1290. The number of aryl methyl sites for hydroxylation is 1. The van der Waals surface area contributed by atoms with Crippen molar-refractivity contribution in [2.45, 2.75) is 37.8 Å². The maximum atomic E-state index is 13.6. The van der Waals surface area contributed by atoms with Crippen LogP contribution in [0.1, 0.15) is 35.7 Å². The van der Waals surface area contributed by atoms with E-state index in [0.717, 1.165) is 11.3 Å². The summed E-state index contributed by atoms with van der Waals surface area (Å²) in [6.07, 6.45) is 2.98. The Kier molecular flexibility index (Phi) is 5.71. The summed E-state index contributed by atoms with van der Waals surface area (Å²) in [7, 11) is 2.86. The van der Waals surface area contributed by atoms with E-state index in [-0.39, 0.29) is 33.7 Å². The van der Waals surface area contributed by atoms with Crippen LogP contribution < -0.4 is 24.8 Å². The highest BCUT2D eigenvalue weighted by Gasteiger charge is 2.60. The Hall–Kier alpha value is -3.52. The van der Waals surface area contributed by atoms with Gasteiger partial charge in [0.15, 0.2) is 5.75 Å². The number of carbonyl (C=O) groups is 3. The van der Waals surface area contributed by atoms with Crippen molar-refractivity contribution in [3.63, 3.8) is 0 Å². The maximum Gasteiger partial charge on any atom is 0.246 e. The molecule has 0 fully saturated rings. The number of hydrogen-bond acceptors (Lipinski definition) is 7. The molecule has 1 amide bonds. The molecule has 0 radical (unpaired) electrons. The SMILES string of the molecule is COc1cc(OC)c2c(c1Cl)O[C@@]1(C(=O)C=C(NC3CCc4ccccc4NC3=O)C[C@H]1C)C2=O. The number of para-hydroxylation sites is 1. The highest BCUT2D eigenvalue weighted by Crippen LogP contribution is 2.53. The van der Waals surface area contributed by atoms with E-state index in [4.69, 9.17) is 25.8 Å². The molecule has 2 aliphatic heterocycles. The van der Waals surface area contributed by atoms with Gasteiger partial charge < -0.3 is 24.8 Å². The van der Waals surface area contributed by atoms with Crippen LogP contribution in [0.3, 0.4) is 0 Å². The second-order valence-corrected chi connectivity index (χ2v) is 9.36. The van der Waals surface area contributed by atoms with E-state index < -0.39 is 29.1 Å². The highest BCUT2D eigenvalue weighted by atomic mass is 35.5. The normalized spacial score (nSPS) is 25.1. The van der Waals surface area contributed by atoms with Crippen LogP contribution >= 0.6 is 11.6 Å². The van der Waals surface area contributed by atoms with Crippen molar-refractivity contribution in [2.24, 2.45) is 5.92 Å². The van der Waals surface area contributed by atoms with Crippen molar-refractivity contribution < 1.29 is 28.6 Å². The van der Waals surface area contributed by atoms with Gasteiger partial charge in [-0.3, -0.25) is 14.4 Å². The molecule has 2 N–H and O–H groups in total. The van der Waals surface area contributed by atoms with Gasteiger partial charge in [-0.15, -0.1) is 0 Å². The molecule has 5 rings (SSSR count). The van der Waals surface area contributed by atoms with Crippen molar-refractivity contribution in [3.05, 3.63) is 58.3 Å². The van der Waals surface area contributed by atoms with Gasteiger partial charge in [-0.1, -0.05) is 36.7 Å². The summed E-state index contributed by atoms with van der Waals surface area (Å²) in [5.41, 5.74) is 0.826. The number of Topliss-reactive ketones (excluding diaryl/α,β-unsaturated/α-hetero) is 1. The number of fused-ring (bicyclic) bond motifs is 2. The van der Waals surface area contributed by atoms with Crippen LogP contribution in [-0.2, 0) is 16.0 Å². The Labute approximate surface area is 207 Å². The van der Waals surface area contributed by atoms with Gasteiger partial charge in [-0.25, -0.2) is 0 Å².